The molecule has 1 aromatic carbocycles. The highest BCUT2D eigenvalue weighted by Crippen LogP contribution is 2.19. The van der Waals surface area contributed by atoms with Crippen molar-refractivity contribution in [2.45, 2.75) is 19.6 Å². The van der Waals surface area contributed by atoms with Gasteiger partial charge < -0.3 is 14.4 Å². The third-order valence-electron chi connectivity index (χ3n) is 2.63. The number of nitrogens with zero attached hydrogens (tertiary/aromatic N) is 2. The summed E-state index contributed by atoms with van der Waals surface area (Å²) in [5, 5.41) is 9.47. The molecule has 0 fully saturated rings. The predicted molar refractivity (Wildman–Crippen MR) is 64.6 cm³/mol. The number of benzene rings is 1. The Hall–Kier alpha value is -1.81. The topological polar surface area (TPSA) is 47.3 Å². The highest BCUT2D eigenvalue weighted by atomic mass is 16.5. The molecular formula is C13H16N2O2. The number of hydrogen-bond donors (Lipinski definition) is 1. The van der Waals surface area contributed by atoms with Crippen LogP contribution in [-0.4, -0.2) is 14.7 Å². The van der Waals surface area contributed by atoms with Gasteiger partial charge in [0.1, 0.15) is 18.2 Å². The molecule has 4 nitrogen and oxygen atoms in total. The maximum absolute atomic E-state index is 9.47. The molecule has 2 aromatic rings. The maximum atomic E-state index is 9.47. The lowest BCUT2D eigenvalue weighted by atomic mass is 10.1. The van der Waals surface area contributed by atoms with Crippen LogP contribution in [0.4, 0.5) is 0 Å². The van der Waals surface area contributed by atoms with Crippen molar-refractivity contribution < 1.29 is 9.84 Å². The molecule has 0 aliphatic heterocycles. The van der Waals surface area contributed by atoms with E-state index in [0.29, 0.717) is 6.61 Å². The van der Waals surface area contributed by atoms with Gasteiger partial charge in [0.25, 0.3) is 0 Å². The number of aryl methyl sites for hydroxylation is 1. The van der Waals surface area contributed by atoms with E-state index in [0.717, 1.165) is 17.1 Å². The lowest BCUT2D eigenvalue weighted by Crippen LogP contribution is -2.03. The maximum Gasteiger partial charge on any atom is 0.146 e. The number of rotatable bonds is 4. The van der Waals surface area contributed by atoms with Gasteiger partial charge in [-0.25, -0.2) is 4.98 Å². The van der Waals surface area contributed by atoms with Gasteiger partial charge >= 0.3 is 0 Å². The second-order valence-electron chi connectivity index (χ2n) is 3.99. The van der Waals surface area contributed by atoms with Crippen LogP contribution in [0.15, 0.2) is 36.7 Å². The Morgan fingerprint density at radius 2 is 2.29 bits per heavy atom. The molecule has 0 bridgehead atoms. The smallest absolute Gasteiger partial charge is 0.146 e. The fraction of sp³-hybridized carbons (Fsp3) is 0.308. The Kier molecular flexibility index (Phi) is 3.44. The zero-order chi connectivity index (χ0) is 12.3. The molecular weight excluding hydrogens is 216 g/mol. The highest BCUT2D eigenvalue weighted by Gasteiger charge is 2.04. The monoisotopic (exact) mass is 232 g/mol. The van der Waals surface area contributed by atoms with Crippen LogP contribution in [0.3, 0.4) is 0 Å². The molecule has 0 aliphatic carbocycles. The second-order valence-corrected chi connectivity index (χ2v) is 3.99. The molecule has 4 heteroatoms. The molecule has 0 amide bonds. The molecule has 0 saturated carbocycles. The first kappa shape index (κ1) is 11.7. The minimum Gasteiger partial charge on any atom is -0.486 e. The van der Waals surface area contributed by atoms with Gasteiger partial charge in [-0.1, -0.05) is 12.1 Å². The molecule has 0 saturated heterocycles. The molecule has 17 heavy (non-hydrogen) atoms. The number of aromatic nitrogens is 2. The third-order valence-corrected chi connectivity index (χ3v) is 2.63. The van der Waals surface area contributed by atoms with Crippen LogP contribution in [-0.2, 0) is 13.7 Å². The Labute approximate surface area is 100 Å². The molecule has 0 radical (unpaired) electrons. The van der Waals surface area contributed by atoms with Crippen molar-refractivity contribution in [3.05, 3.63) is 48.0 Å². The average molecular weight is 232 g/mol. The van der Waals surface area contributed by atoms with Crippen LogP contribution in [0, 0.1) is 0 Å². The van der Waals surface area contributed by atoms with Gasteiger partial charge in [-0.15, -0.1) is 0 Å². The Bertz CT molecular complexity index is 492. The van der Waals surface area contributed by atoms with E-state index in [1.54, 1.807) is 13.1 Å². The van der Waals surface area contributed by atoms with Crippen molar-refractivity contribution in [3.63, 3.8) is 0 Å². The van der Waals surface area contributed by atoms with Crippen molar-refractivity contribution in [3.8, 4) is 5.75 Å². The average Bonchev–Trinajstić information content (AvgIpc) is 2.72. The van der Waals surface area contributed by atoms with Gasteiger partial charge in [-0.3, -0.25) is 0 Å². The Morgan fingerprint density at radius 3 is 2.94 bits per heavy atom. The number of ether oxygens (including phenoxy) is 1. The van der Waals surface area contributed by atoms with Crippen molar-refractivity contribution in [1.29, 1.82) is 0 Å². The standard InChI is InChI=1S/C13H16N2O2/c1-10(16)11-4-3-5-12(8-11)17-9-13-14-6-7-15(13)2/h3-8,10,16H,9H2,1-2H3. The van der Waals surface area contributed by atoms with Crippen LogP contribution >= 0.6 is 0 Å². The summed E-state index contributed by atoms with van der Waals surface area (Å²) in [6.07, 6.45) is 3.14. The zero-order valence-electron chi connectivity index (χ0n) is 10.00. The number of imidazole rings is 1. The molecule has 1 N–H and O–H groups in total. The fourth-order valence-corrected chi connectivity index (χ4v) is 1.55. The fourth-order valence-electron chi connectivity index (χ4n) is 1.55. The van der Waals surface area contributed by atoms with Crippen LogP contribution in [0.1, 0.15) is 24.4 Å². The van der Waals surface area contributed by atoms with E-state index in [1.165, 1.54) is 0 Å². The summed E-state index contributed by atoms with van der Waals surface area (Å²) < 4.78 is 7.54. The Balaban J connectivity index is 2.04. The molecule has 1 aromatic heterocycles. The van der Waals surface area contributed by atoms with Crippen LogP contribution in [0.5, 0.6) is 5.75 Å². The summed E-state index contributed by atoms with van der Waals surface area (Å²) in [4.78, 5) is 4.18. The van der Waals surface area contributed by atoms with Gasteiger partial charge in [-0.05, 0) is 24.6 Å². The predicted octanol–water partition coefficient (Wildman–Crippen LogP) is 2.05. The first-order chi connectivity index (χ1) is 8.16. The van der Waals surface area contributed by atoms with E-state index in [-0.39, 0.29) is 0 Å². The van der Waals surface area contributed by atoms with E-state index in [4.69, 9.17) is 4.74 Å². The van der Waals surface area contributed by atoms with Gasteiger partial charge in [0.15, 0.2) is 0 Å². The summed E-state index contributed by atoms with van der Waals surface area (Å²) in [6.45, 7) is 2.16. The number of aliphatic hydroxyl groups excluding tert-OH is 1. The van der Waals surface area contributed by atoms with Crippen molar-refractivity contribution >= 4 is 0 Å². The second kappa shape index (κ2) is 5.01. The van der Waals surface area contributed by atoms with Crippen molar-refractivity contribution in [2.75, 3.05) is 0 Å². The summed E-state index contributed by atoms with van der Waals surface area (Å²) >= 11 is 0. The number of hydrogen-bond acceptors (Lipinski definition) is 3. The van der Waals surface area contributed by atoms with Crippen LogP contribution < -0.4 is 4.74 Å². The van der Waals surface area contributed by atoms with Crippen LogP contribution in [0.25, 0.3) is 0 Å². The van der Waals surface area contributed by atoms with Crippen LogP contribution in [0.2, 0.25) is 0 Å². The van der Waals surface area contributed by atoms with Crippen molar-refractivity contribution in [2.24, 2.45) is 7.05 Å². The summed E-state index contributed by atoms with van der Waals surface area (Å²) in [5.74, 6) is 1.61. The van der Waals surface area contributed by atoms with E-state index in [1.807, 2.05) is 42.1 Å². The minimum absolute atomic E-state index is 0.423. The number of aliphatic hydroxyl groups is 1. The van der Waals surface area contributed by atoms with E-state index in [9.17, 15) is 5.11 Å². The third kappa shape index (κ3) is 2.85. The van der Waals surface area contributed by atoms with Gasteiger partial charge in [0.05, 0.1) is 6.10 Å². The summed E-state index contributed by atoms with van der Waals surface area (Å²) in [5.41, 5.74) is 0.849. The highest BCUT2D eigenvalue weighted by molar-refractivity contribution is 5.29. The SMILES string of the molecule is CC(O)c1cccc(OCc2nccn2C)c1. The molecule has 1 heterocycles. The molecule has 1 atom stereocenters. The van der Waals surface area contributed by atoms with Gasteiger partial charge in [0.2, 0.25) is 0 Å². The first-order valence-corrected chi connectivity index (χ1v) is 5.54. The molecule has 0 aliphatic rings. The van der Waals surface area contributed by atoms with Gasteiger partial charge in [-0.2, -0.15) is 0 Å². The molecule has 0 spiro atoms. The van der Waals surface area contributed by atoms with Gasteiger partial charge in [0, 0.05) is 19.4 Å². The lowest BCUT2D eigenvalue weighted by molar-refractivity contribution is 0.198. The Morgan fingerprint density at radius 1 is 1.47 bits per heavy atom. The molecule has 90 valence electrons. The first-order valence-electron chi connectivity index (χ1n) is 5.54. The van der Waals surface area contributed by atoms with E-state index in [2.05, 4.69) is 4.98 Å². The van der Waals surface area contributed by atoms with E-state index < -0.39 is 6.10 Å². The quantitative estimate of drug-likeness (QED) is 0.877. The van der Waals surface area contributed by atoms with E-state index >= 15 is 0 Å². The zero-order valence-corrected chi connectivity index (χ0v) is 10.00. The molecule has 1 unspecified atom stereocenters. The minimum atomic E-state index is -0.480. The summed E-state index contributed by atoms with van der Waals surface area (Å²) in [7, 11) is 1.93. The molecule has 2 rings (SSSR count). The lowest BCUT2D eigenvalue weighted by Gasteiger charge is -2.09. The largest absolute Gasteiger partial charge is 0.486 e. The van der Waals surface area contributed by atoms with Crippen molar-refractivity contribution in [1.82, 2.24) is 9.55 Å². The summed E-state index contributed by atoms with van der Waals surface area (Å²) in [6, 6.07) is 7.45. The normalized spacial score (nSPS) is 12.4.